The number of fused-ring (bicyclic) bond motifs is 1. The number of hydrogen-bond acceptors (Lipinski definition) is 5. The van der Waals surface area contributed by atoms with Gasteiger partial charge in [-0.1, -0.05) is 36.2 Å². The number of carbonyl (C=O) groups is 3. The van der Waals surface area contributed by atoms with Crippen LogP contribution in [0.15, 0.2) is 40.9 Å². The van der Waals surface area contributed by atoms with Gasteiger partial charge in [-0.25, -0.2) is 0 Å². The van der Waals surface area contributed by atoms with E-state index in [1.807, 2.05) is 18.2 Å². The van der Waals surface area contributed by atoms with Crippen LogP contribution in [-0.2, 0) is 9.59 Å². The first kappa shape index (κ1) is 21.1. The van der Waals surface area contributed by atoms with Crippen LogP contribution >= 0.6 is 0 Å². The van der Waals surface area contributed by atoms with Gasteiger partial charge >= 0.3 is 0 Å². The number of anilines is 1. The van der Waals surface area contributed by atoms with Crippen LogP contribution < -0.4 is 5.32 Å². The Morgan fingerprint density at radius 1 is 1.19 bits per heavy atom. The molecule has 2 aromatic rings. The minimum atomic E-state index is -0.548. The Bertz CT molecular complexity index is 957. The van der Waals surface area contributed by atoms with Crippen molar-refractivity contribution in [3.05, 3.63) is 47.7 Å². The average molecular weight is 425 g/mol. The quantitative estimate of drug-likeness (QED) is 0.796. The third-order valence-electron chi connectivity index (χ3n) is 6.28. The van der Waals surface area contributed by atoms with E-state index >= 15 is 0 Å². The van der Waals surface area contributed by atoms with Crippen molar-refractivity contribution in [2.45, 2.75) is 51.1 Å². The van der Waals surface area contributed by atoms with Crippen molar-refractivity contribution in [1.82, 2.24) is 15.0 Å². The summed E-state index contributed by atoms with van der Waals surface area (Å²) < 4.78 is 4.95. The van der Waals surface area contributed by atoms with Gasteiger partial charge in [-0.2, -0.15) is 0 Å². The number of nitrogens with one attached hydrogen (secondary N) is 1. The fourth-order valence-corrected chi connectivity index (χ4v) is 4.86. The molecule has 1 saturated heterocycles. The molecular formula is C23H28N4O4. The zero-order valence-electron chi connectivity index (χ0n) is 17.9. The Kier molecular flexibility index (Phi) is 6.06. The number of hydrogen-bond donors (Lipinski definition) is 1. The molecule has 3 unspecified atom stereocenters. The van der Waals surface area contributed by atoms with E-state index in [9.17, 15) is 14.4 Å². The van der Waals surface area contributed by atoms with Crippen molar-refractivity contribution < 1.29 is 18.9 Å². The van der Waals surface area contributed by atoms with Gasteiger partial charge < -0.3 is 19.6 Å². The summed E-state index contributed by atoms with van der Waals surface area (Å²) in [7, 11) is 1.60. The van der Waals surface area contributed by atoms with Crippen LogP contribution in [0, 0.1) is 12.8 Å². The smallest absolute Gasteiger partial charge is 0.254 e. The normalized spacial score (nSPS) is 22.6. The third kappa shape index (κ3) is 4.47. The van der Waals surface area contributed by atoms with E-state index in [2.05, 4.69) is 10.5 Å². The molecule has 0 bridgehead atoms. The van der Waals surface area contributed by atoms with E-state index in [0.29, 0.717) is 29.5 Å². The lowest BCUT2D eigenvalue weighted by molar-refractivity contribution is -0.137. The Balaban J connectivity index is 1.49. The predicted octanol–water partition coefficient (Wildman–Crippen LogP) is 2.85. The summed E-state index contributed by atoms with van der Waals surface area (Å²) in [6.07, 6.45) is 4.79. The molecule has 2 heterocycles. The number of carbonyl (C=O) groups excluding carboxylic acids is 3. The number of benzene rings is 1. The number of likely N-dealkylation sites (tertiary alicyclic amines) is 1. The molecule has 3 amide bonds. The minimum Gasteiger partial charge on any atom is -0.360 e. The fraction of sp³-hybridized carbons (Fsp3) is 0.478. The zero-order chi connectivity index (χ0) is 22.0. The van der Waals surface area contributed by atoms with Gasteiger partial charge in [0.25, 0.3) is 5.91 Å². The third-order valence-corrected chi connectivity index (χ3v) is 6.28. The van der Waals surface area contributed by atoms with E-state index in [1.165, 1.54) is 4.90 Å². The van der Waals surface area contributed by atoms with Crippen LogP contribution in [0.1, 0.15) is 48.2 Å². The van der Waals surface area contributed by atoms with Gasteiger partial charge in [-0.3, -0.25) is 14.4 Å². The second-order valence-electron chi connectivity index (χ2n) is 8.51. The highest BCUT2D eigenvalue weighted by molar-refractivity contribution is 5.99. The van der Waals surface area contributed by atoms with Crippen LogP contribution in [0.4, 0.5) is 5.82 Å². The van der Waals surface area contributed by atoms with E-state index in [4.69, 9.17) is 4.52 Å². The maximum atomic E-state index is 13.4. The van der Waals surface area contributed by atoms with Crippen molar-refractivity contribution in [3.8, 4) is 0 Å². The van der Waals surface area contributed by atoms with Crippen molar-refractivity contribution >= 4 is 23.5 Å². The lowest BCUT2D eigenvalue weighted by atomic mass is 9.84. The average Bonchev–Trinajstić information content (AvgIpc) is 3.36. The Morgan fingerprint density at radius 3 is 2.65 bits per heavy atom. The Morgan fingerprint density at radius 2 is 1.94 bits per heavy atom. The van der Waals surface area contributed by atoms with Crippen LogP contribution in [0.5, 0.6) is 0 Å². The first-order valence-electron chi connectivity index (χ1n) is 10.8. The van der Waals surface area contributed by atoms with E-state index in [1.54, 1.807) is 37.1 Å². The molecule has 4 rings (SSSR count). The maximum absolute atomic E-state index is 13.4. The van der Waals surface area contributed by atoms with Crippen molar-refractivity contribution in [2.24, 2.45) is 5.92 Å². The molecule has 8 nitrogen and oxygen atoms in total. The second kappa shape index (κ2) is 8.91. The number of aryl methyl sites for hydroxylation is 1. The first-order valence-corrected chi connectivity index (χ1v) is 10.8. The summed E-state index contributed by atoms with van der Waals surface area (Å²) >= 11 is 0. The highest BCUT2D eigenvalue weighted by Gasteiger charge is 2.48. The van der Waals surface area contributed by atoms with Crippen molar-refractivity contribution in [3.63, 3.8) is 0 Å². The first-order chi connectivity index (χ1) is 14.9. The highest BCUT2D eigenvalue weighted by Crippen LogP contribution is 2.41. The lowest BCUT2D eigenvalue weighted by Gasteiger charge is -2.34. The Labute approximate surface area is 181 Å². The number of aromatic nitrogens is 1. The molecule has 164 valence electrons. The summed E-state index contributed by atoms with van der Waals surface area (Å²) in [5.74, 6) is 0.560. The molecule has 1 aliphatic heterocycles. The van der Waals surface area contributed by atoms with Crippen molar-refractivity contribution in [1.29, 1.82) is 0 Å². The Hall–Kier alpha value is -3.16. The van der Waals surface area contributed by atoms with Gasteiger partial charge in [0.15, 0.2) is 5.82 Å². The molecule has 0 spiro atoms. The predicted molar refractivity (Wildman–Crippen MR) is 114 cm³/mol. The van der Waals surface area contributed by atoms with Gasteiger partial charge in [0.1, 0.15) is 11.8 Å². The van der Waals surface area contributed by atoms with Gasteiger partial charge in [0.05, 0.1) is 6.54 Å². The molecule has 1 aromatic heterocycles. The summed E-state index contributed by atoms with van der Waals surface area (Å²) in [5, 5.41) is 6.37. The molecule has 1 saturated carbocycles. The van der Waals surface area contributed by atoms with Crippen molar-refractivity contribution in [2.75, 3.05) is 18.9 Å². The summed E-state index contributed by atoms with van der Waals surface area (Å²) in [5.41, 5.74) is 0.591. The topological polar surface area (TPSA) is 95.8 Å². The molecule has 2 fully saturated rings. The maximum Gasteiger partial charge on any atom is 0.254 e. The number of amides is 3. The summed E-state index contributed by atoms with van der Waals surface area (Å²) in [4.78, 5) is 42.3. The summed E-state index contributed by atoms with van der Waals surface area (Å²) in [6.45, 7) is 1.61. The molecule has 0 radical (unpaired) electrons. The lowest BCUT2D eigenvalue weighted by Crippen LogP contribution is -2.51. The minimum absolute atomic E-state index is 0.0794. The molecule has 8 heteroatoms. The van der Waals surface area contributed by atoms with E-state index in [0.717, 1.165) is 25.7 Å². The SMILES string of the molecule is Cc1cc(NC(=O)CN(C)C(=O)C2CC3CCCCC3N2C(=O)c2ccccc2)no1. The van der Waals surface area contributed by atoms with E-state index in [-0.39, 0.29) is 30.3 Å². The largest absolute Gasteiger partial charge is 0.360 e. The van der Waals surface area contributed by atoms with Gasteiger partial charge in [0, 0.05) is 24.7 Å². The molecule has 1 aromatic carbocycles. The second-order valence-corrected chi connectivity index (χ2v) is 8.51. The number of rotatable bonds is 5. The standard InChI is InChI=1S/C23H28N4O4/c1-15-12-20(25-31-15)24-21(28)14-26(2)23(30)19-13-17-10-6-7-11-18(17)27(19)22(29)16-8-4-3-5-9-16/h3-5,8-9,12,17-19H,6-7,10-11,13-14H2,1-2H3,(H,24,25,28). The highest BCUT2D eigenvalue weighted by atomic mass is 16.5. The molecule has 1 aliphatic carbocycles. The van der Waals surface area contributed by atoms with Gasteiger partial charge in [0.2, 0.25) is 11.8 Å². The number of nitrogens with zero attached hydrogens (tertiary/aromatic N) is 3. The van der Waals surface area contributed by atoms with Crippen LogP contribution in [0.2, 0.25) is 0 Å². The van der Waals surface area contributed by atoms with Crippen LogP contribution in [0.25, 0.3) is 0 Å². The summed E-state index contributed by atoms with van der Waals surface area (Å²) in [6, 6.07) is 10.3. The fourth-order valence-electron chi connectivity index (χ4n) is 4.86. The molecule has 2 aliphatic rings. The zero-order valence-corrected chi connectivity index (χ0v) is 17.9. The molecule has 3 atom stereocenters. The van der Waals surface area contributed by atoms with Crippen LogP contribution in [-0.4, -0.2) is 58.4 Å². The molecule has 31 heavy (non-hydrogen) atoms. The van der Waals surface area contributed by atoms with E-state index < -0.39 is 6.04 Å². The number of likely N-dealkylation sites (N-methyl/N-ethyl adjacent to an activating group) is 1. The van der Waals surface area contributed by atoms with Gasteiger partial charge in [-0.15, -0.1) is 0 Å². The monoisotopic (exact) mass is 424 g/mol. The van der Waals surface area contributed by atoms with Crippen LogP contribution in [0.3, 0.4) is 0 Å². The molecular weight excluding hydrogens is 396 g/mol. The van der Waals surface area contributed by atoms with Gasteiger partial charge in [-0.05, 0) is 44.2 Å². The molecule has 1 N–H and O–H groups in total.